The molecule has 0 heterocycles. The van der Waals surface area contributed by atoms with Gasteiger partial charge in [-0.3, -0.25) is 19.2 Å². The number of hydrogen-bond acceptors (Lipinski definition) is 7. The fourth-order valence-electron chi connectivity index (χ4n) is 1.89. The molecule has 0 bridgehead atoms. The van der Waals surface area contributed by atoms with Gasteiger partial charge in [-0.2, -0.15) is 0 Å². The Morgan fingerprint density at radius 2 is 1.48 bits per heavy atom. The molecule has 25 heavy (non-hydrogen) atoms. The zero-order chi connectivity index (χ0) is 19.5. The molecule has 0 saturated heterocycles. The maximum absolute atomic E-state index is 11.8. The van der Waals surface area contributed by atoms with Gasteiger partial charge in [-0.05, 0) is 19.3 Å². The molecule has 0 rings (SSSR count). The molecule has 0 aromatic heterocycles. The van der Waals surface area contributed by atoms with E-state index in [1.807, 2.05) is 0 Å². The Hall–Kier alpha value is -2.42. The monoisotopic (exact) mass is 371 g/mol. The third-order valence-corrected chi connectivity index (χ3v) is 5.58. The van der Waals surface area contributed by atoms with Crippen molar-refractivity contribution in [2.24, 2.45) is 0 Å². The molecule has 0 saturated carbocycles. The smallest absolute Gasteiger partial charge is 0.455 e. The van der Waals surface area contributed by atoms with Gasteiger partial charge >= 0.3 is 8.80 Å². The normalized spacial score (nSPS) is 10.4. The predicted molar refractivity (Wildman–Crippen MR) is 92.1 cm³/mol. The van der Waals surface area contributed by atoms with Crippen LogP contribution in [0.25, 0.3) is 0 Å². The Kier molecular flexibility index (Phi) is 10.1. The van der Waals surface area contributed by atoms with Crippen LogP contribution in [-0.4, -0.2) is 39.2 Å². The molecule has 0 atom stereocenters. The van der Waals surface area contributed by atoms with Crippen molar-refractivity contribution in [3.8, 4) is 0 Å². The van der Waals surface area contributed by atoms with Crippen LogP contribution >= 0.6 is 0 Å². The van der Waals surface area contributed by atoms with Gasteiger partial charge in [0.2, 0.25) is 5.91 Å². The van der Waals surface area contributed by atoms with Gasteiger partial charge in [-0.15, -0.1) is 6.58 Å². The van der Waals surface area contributed by atoms with Crippen molar-refractivity contribution in [1.82, 2.24) is 5.32 Å². The Morgan fingerprint density at radius 3 is 1.88 bits per heavy atom. The molecule has 0 unspecified atom stereocenters. The summed E-state index contributed by atoms with van der Waals surface area (Å²) in [4.78, 5) is 45.7. The van der Waals surface area contributed by atoms with Crippen molar-refractivity contribution in [3.63, 3.8) is 0 Å². The molecule has 8 nitrogen and oxygen atoms in total. The van der Waals surface area contributed by atoms with E-state index in [0.29, 0.717) is 18.4 Å². The van der Waals surface area contributed by atoms with Crippen LogP contribution < -0.4 is 5.32 Å². The van der Waals surface area contributed by atoms with Crippen LogP contribution in [0.5, 0.6) is 0 Å². The van der Waals surface area contributed by atoms with Crippen molar-refractivity contribution in [2.75, 3.05) is 6.54 Å². The van der Waals surface area contributed by atoms with Crippen molar-refractivity contribution < 1.29 is 32.5 Å². The van der Waals surface area contributed by atoms with Crippen LogP contribution in [0.15, 0.2) is 24.8 Å². The van der Waals surface area contributed by atoms with Gasteiger partial charge in [0.15, 0.2) is 0 Å². The second-order valence-electron chi connectivity index (χ2n) is 5.25. The van der Waals surface area contributed by atoms with Crippen LogP contribution in [0.3, 0.4) is 0 Å². The summed E-state index contributed by atoms with van der Waals surface area (Å²) in [5.74, 6) is -2.48. The molecule has 0 aromatic rings. The lowest BCUT2D eigenvalue weighted by Crippen LogP contribution is -2.49. The molecule has 140 valence electrons. The average molecular weight is 371 g/mol. The highest BCUT2D eigenvalue weighted by Crippen LogP contribution is 2.19. The van der Waals surface area contributed by atoms with E-state index in [9.17, 15) is 19.2 Å². The Labute approximate surface area is 148 Å². The van der Waals surface area contributed by atoms with Gasteiger partial charge < -0.3 is 18.6 Å². The number of rotatable bonds is 11. The van der Waals surface area contributed by atoms with Gasteiger partial charge in [0.1, 0.15) is 0 Å². The first-order valence-corrected chi connectivity index (χ1v) is 9.70. The topological polar surface area (TPSA) is 108 Å². The lowest BCUT2D eigenvalue weighted by molar-refractivity contribution is -0.147. The minimum absolute atomic E-state index is 0.00511. The number of carbonyl (C=O) groups excluding carboxylic acids is 4. The first kappa shape index (κ1) is 22.6. The molecule has 0 aromatic carbocycles. The SMILES string of the molecule is C=CCCC(=C)C(=O)NCCC[Si](OC(C)=O)(OC(C)=O)OC(C)=O. The maximum atomic E-state index is 11.8. The van der Waals surface area contributed by atoms with Crippen LogP contribution in [0.2, 0.25) is 6.04 Å². The summed E-state index contributed by atoms with van der Waals surface area (Å²) >= 11 is 0. The number of hydrogen-bond donors (Lipinski definition) is 1. The van der Waals surface area contributed by atoms with Crippen molar-refractivity contribution >= 4 is 32.6 Å². The third-order valence-electron chi connectivity index (χ3n) is 2.81. The van der Waals surface area contributed by atoms with Crippen LogP contribution in [0.1, 0.15) is 40.0 Å². The minimum Gasteiger partial charge on any atom is -0.455 e. The molecular weight excluding hydrogens is 346 g/mol. The quantitative estimate of drug-likeness (QED) is 0.254. The Morgan fingerprint density at radius 1 is 1.00 bits per heavy atom. The number of nitrogens with one attached hydrogen (secondary N) is 1. The van der Waals surface area contributed by atoms with Gasteiger partial charge in [-0.25, -0.2) is 0 Å². The third kappa shape index (κ3) is 10.1. The molecule has 0 aliphatic rings. The Bertz CT molecular complexity index is 504. The summed E-state index contributed by atoms with van der Waals surface area (Å²) < 4.78 is 15.1. The van der Waals surface area contributed by atoms with E-state index < -0.39 is 26.7 Å². The highest BCUT2D eigenvalue weighted by Gasteiger charge is 2.51. The lowest BCUT2D eigenvalue weighted by atomic mass is 10.1. The van der Waals surface area contributed by atoms with Gasteiger partial charge in [0.05, 0.1) is 6.04 Å². The molecule has 0 aliphatic carbocycles. The summed E-state index contributed by atoms with van der Waals surface area (Å²) in [6, 6.07) is 0.00511. The van der Waals surface area contributed by atoms with Crippen LogP contribution in [-0.2, 0) is 32.5 Å². The molecule has 9 heteroatoms. The molecule has 1 N–H and O–H groups in total. The molecule has 0 spiro atoms. The second-order valence-corrected chi connectivity index (χ2v) is 7.73. The van der Waals surface area contributed by atoms with Crippen LogP contribution in [0, 0.1) is 0 Å². The van der Waals surface area contributed by atoms with Crippen molar-refractivity contribution in [3.05, 3.63) is 24.8 Å². The summed E-state index contributed by atoms with van der Waals surface area (Å²) in [5, 5.41) is 2.65. The standard InChI is InChI=1S/C16H25NO7Si/c1-6-7-9-12(2)16(21)17-10-8-11-25(22-13(3)18,23-14(4)19)24-15(5)20/h6H,1-2,7-11H2,3-5H3,(H,17,21). The summed E-state index contributed by atoms with van der Waals surface area (Å²) in [6.07, 6.45) is 3.12. The summed E-state index contributed by atoms with van der Waals surface area (Å²) in [7, 11) is -3.84. The zero-order valence-electron chi connectivity index (χ0n) is 14.9. The fourth-order valence-corrected chi connectivity index (χ4v) is 4.25. The molecule has 0 fully saturated rings. The van der Waals surface area contributed by atoms with E-state index in [1.165, 1.54) is 0 Å². The maximum Gasteiger partial charge on any atom is 0.705 e. The fraction of sp³-hybridized carbons (Fsp3) is 0.500. The highest BCUT2D eigenvalue weighted by atomic mass is 28.4. The largest absolute Gasteiger partial charge is 0.705 e. The number of allylic oxidation sites excluding steroid dienone is 1. The first-order chi connectivity index (χ1) is 11.6. The van der Waals surface area contributed by atoms with E-state index in [2.05, 4.69) is 18.5 Å². The second kappa shape index (κ2) is 11.2. The lowest BCUT2D eigenvalue weighted by Gasteiger charge is -2.26. The molecule has 1 amide bonds. The van der Waals surface area contributed by atoms with Crippen LogP contribution in [0.4, 0.5) is 0 Å². The highest BCUT2D eigenvalue weighted by molar-refractivity contribution is 6.65. The number of amides is 1. The number of carbonyl (C=O) groups is 4. The van der Waals surface area contributed by atoms with E-state index in [1.54, 1.807) is 6.08 Å². The van der Waals surface area contributed by atoms with E-state index in [0.717, 1.165) is 20.8 Å². The van der Waals surface area contributed by atoms with E-state index >= 15 is 0 Å². The molecular formula is C16H25NO7Si. The average Bonchev–Trinajstić information content (AvgIpc) is 2.46. The van der Waals surface area contributed by atoms with E-state index in [-0.39, 0.29) is 24.9 Å². The molecule has 0 aliphatic heterocycles. The predicted octanol–water partition coefficient (Wildman–Crippen LogP) is 1.64. The summed E-state index contributed by atoms with van der Waals surface area (Å²) in [6.45, 7) is 10.8. The Balaban J connectivity index is 4.74. The van der Waals surface area contributed by atoms with Gasteiger partial charge in [-0.1, -0.05) is 12.7 Å². The van der Waals surface area contributed by atoms with Gasteiger partial charge in [0, 0.05) is 32.9 Å². The first-order valence-electron chi connectivity index (χ1n) is 7.77. The minimum atomic E-state index is -3.84. The summed E-state index contributed by atoms with van der Waals surface area (Å²) in [5.41, 5.74) is 0.420. The molecule has 0 radical (unpaired) electrons. The zero-order valence-corrected chi connectivity index (χ0v) is 15.9. The van der Waals surface area contributed by atoms with E-state index in [4.69, 9.17) is 13.3 Å². The van der Waals surface area contributed by atoms with Gasteiger partial charge in [0.25, 0.3) is 17.9 Å². The van der Waals surface area contributed by atoms with Crippen molar-refractivity contribution in [1.29, 1.82) is 0 Å². The van der Waals surface area contributed by atoms with Crippen molar-refractivity contribution in [2.45, 2.75) is 46.1 Å².